The zero-order valence-corrected chi connectivity index (χ0v) is 18.9. The van der Waals surface area contributed by atoms with Gasteiger partial charge in [-0.1, -0.05) is 39.3 Å². The summed E-state index contributed by atoms with van der Waals surface area (Å²) >= 11 is 3.25. The summed E-state index contributed by atoms with van der Waals surface area (Å²) in [6.45, 7) is 1.41. The maximum Gasteiger partial charge on any atom is 0.218 e. The van der Waals surface area contributed by atoms with Crippen molar-refractivity contribution >= 4 is 28.1 Å². The number of ether oxygens (including phenoxy) is 1. The Hall–Kier alpha value is -3.26. The molecule has 0 N–H and O–H groups in total. The van der Waals surface area contributed by atoms with Crippen LogP contribution in [0.3, 0.4) is 0 Å². The molecule has 164 valence electrons. The van der Waals surface area contributed by atoms with Crippen molar-refractivity contribution in [2.24, 2.45) is 0 Å². The number of oxazole rings is 1. The summed E-state index contributed by atoms with van der Waals surface area (Å²) in [6, 6.07) is 13.0. The highest BCUT2D eigenvalue weighted by Gasteiger charge is 2.04. The van der Waals surface area contributed by atoms with E-state index in [0.29, 0.717) is 22.5 Å². The fraction of sp³-hybridized carbons (Fsp3) is 0.208. The number of halogens is 2. The normalized spacial score (nSPS) is 11.3. The molecule has 0 aliphatic heterocycles. The van der Waals surface area contributed by atoms with E-state index < -0.39 is 0 Å². The summed E-state index contributed by atoms with van der Waals surface area (Å²) in [4.78, 5) is 4.45. The van der Waals surface area contributed by atoms with Crippen LogP contribution in [0.1, 0.15) is 29.1 Å². The summed E-state index contributed by atoms with van der Waals surface area (Å²) in [5.41, 5.74) is 2.53. The summed E-state index contributed by atoms with van der Waals surface area (Å²) in [5, 5.41) is 7.71. The molecule has 0 spiro atoms. The van der Waals surface area contributed by atoms with Gasteiger partial charge in [0.25, 0.3) is 0 Å². The van der Waals surface area contributed by atoms with Crippen molar-refractivity contribution in [1.82, 2.24) is 20.0 Å². The van der Waals surface area contributed by atoms with Gasteiger partial charge in [0.1, 0.15) is 17.8 Å². The molecule has 0 aliphatic carbocycles. The van der Waals surface area contributed by atoms with Crippen LogP contribution in [0.2, 0.25) is 0 Å². The largest absolute Gasteiger partial charge is 0.494 e. The van der Waals surface area contributed by atoms with Crippen LogP contribution in [0.4, 0.5) is 4.39 Å². The van der Waals surface area contributed by atoms with E-state index >= 15 is 0 Å². The Balaban J connectivity index is 1.22. The topological polar surface area (TPSA) is 66.0 Å². The van der Waals surface area contributed by atoms with Crippen molar-refractivity contribution in [3.8, 4) is 5.75 Å². The SMILES string of the molecule is Fc1cc(Br)ccc1/C=C/c1nc(CCc2ccc(OCCCn3ccnn3)cc2)co1. The molecule has 2 aromatic heterocycles. The second-order valence-electron chi connectivity index (χ2n) is 7.19. The fourth-order valence-electron chi connectivity index (χ4n) is 3.11. The molecule has 32 heavy (non-hydrogen) atoms. The van der Waals surface area contributed by atoms with Crippen molar-refractivity contribution in [2.45, 2.75) is 25.8 Å². The molecule has 0 aliphatic rings. The third-order valence-corrected chi connectivity index (χ3v) is 5.30. The lowest BCUT2D eigenvalue weighted by molar-refractivity contribution is 0.298. The molecular formula is C24H22BrFN4O2. The number of hydrogen-bond donors (Lipinski definition) is 0. The minimum absolute atomic E-state index is 0.301. The smallest absolute Gasteiger partial charge is 0.218 e. The first kappa shape index (κ1) is 22.0. The van der Waals surface area contributed by atoms with E-state index in [4.69, 9.17) is 9.15 Å². The van der Waals surface area contributed by atoms with Gasteiger partial charge in [0, 0.05) is 35.3 Å². The number of aryl methyl sites for hydroxylation is 3. The first-order chi connectivity index (χ1) is 15.7. The molecular weight excluding hydrogens is 475 g/mol. The molecule has 6 nitrogen and oxygen atoms in total. The Morgan fingerprint density at radius 1 is 1.09 bits per heavy atom. The molecule has 0 atom stereocenters. The predicted molar refractivity (Wildman–Crippen MR) is 124 cm³/mol. The Morgan fingerprint density at radius 2 is 1.97 bits per heavy atom. The van der Waals surface area contributed by atoms with Gasteiger partial charge in [-0.3, -0.25) is 4.68 Å². The summed E-state index contributed by atoms with van der Waals surface area (Å²) in [6.07, 6.45) is 10.9. The maximum absolute atomic E-state index is 13.9. The first-order valence-corrected chi connectivity index (χ1v) is 11.1. The van der Waals surface area contributed by atoms with E-state index in [-0.39, 0.29) is 5.82 Å². The first-order valence-electron chi connectivity index (χ1n) is 10.3. The van der Waals surface area contributed by atoms with Crippen LogP contribution in [-0.2, 0) is 19.4 Å². The molecule has 4 aromatic rings. The minimum Gasteiger partial charge on any atom is -0.494 e. The van der Waals surface area contributed by atoms with Crippen LogP contribution in [0, 0.1) is 5.82 Å². The van der Waals surface area contributed by atoms with E-state index in [0.717, 1.165) is 37.3 Å². The summed E-state index contributed by atoms with van der Waals surface area (Å²) < 4.78 is 27.6. The molecule has 8 heteroatoms. The molecule has 0 unspecified atom stereocenters. The van der Waals surface area contributed by atoms with Gasteiger partial charge in [-0.05, 0) is 48.7 Å². The van der Waals surface area contributed by atoms with Crippen molar-refractivity contribution in [1.29, 1.82) is 0 Å². The monoisotopic (exact) mass is 496 g/mol. The van der Waals surface area contributed by atoms with E-state index in [2.05, 4.69) is 43.4 Å². The number of aromatic nitrogens is 4. The Labute approximate surface area is 193 Å². The zero-order chi connectivity index (χ0) is 22.2. The van der Waals surface area contributed by atoms with Crippen LogP contribution >= 0.6 is 15.9 Å². The number of hydrogen-bond acceptors (Lipinski definition) is 5. The number of rotatable bonds is 10. The van der Waals surface area contributed by atoms with Gasteiger partial charge < -0.3 is 9.15 Å². The van der Waals surface area contributed by atoms with Crippen LogP contribution < -0.4 is 4.74 Å². The van der Waals surface area contributed by atoms with Gasteiger partial charge in [0.2, 0.25) is 5.89 Å². The minimum atomic E-state index is -0.301. The Bertz CT molecular complexity index is 1160. The zero-order valence-electron chi connectivity index (χ0n) is 17.3. The lowest BCUT2D eigenvalue weighted by Crippen LogP contribution is -2.05. The standard InChI is InChI=1S/C24H22BrFN4O2/c25-20-7-5-19(23(26)16-20)6-11-24-28-21(17-32-24)8-2-18-3-9-22(10-4-18)31-15-1-13-30-14-12-27-29-30/h3-7,9-12,14,16-17H,1-2,8,13,15H2/b11-6+. The number of benzene rings is 2. The third kappa shape index (κ3) is 6.37. The molecule has 0 saturated heterocycles. The third-order valence-electron chi connectivity index (χ3n) is 4.80. The van der Waals surface area contributed by atoms with Crippen LogP contribution in [0.15, 0.2) is 70.0 Å². The quantitative estimate of drug-likeness (QED) is 0.267. The van der Waals surface area contributed by atoms with Gasteiger partial charge in [0.15, 0.2) is 0 Å². The lowest BCUT2D eigenvalue weighted by Gasteiger charge is -2.07. The van der Waals surface area contributed by atoms with Gasteiger partial charge in [-0.2, -0.15) is 0 Å². The van der Waals surface area contributed by atoms with E-state index in [1.807, 2.05) is 18.3 Å². The average molecular weight is 497 g/mol. The van der Waals surface area contributed by atoms with Gasteiger partial charge in [0.05, 0.1) is 18.5 Å². The Morgan fingerprint density at radius 3 is 2.75 bits per heavy atom. The summed E-state index contributed by atoms with van der Waals surface area (Å²) in [7, 11) is 0. The molecule has 0 fully saturated rings. The van der Waals surface area contributed by atoms with Gasteiger partial charge in [-0.25, -0.2) is 9.37 Å². The van der Waals surface area contributed by atoms with Gasteiger partial charge >= 0.3 is 0 Å². The second kappa shape index (κ2) is 10.9. The fourth-order valence-corrected chi connectivity index (χ4v) is 3.44. The van der Waals surface area contributed by atoms with Crippen LogP contribution in [0.25, 0.3) is 12.2 Å². The molecule has 0 saturated carbocycles. The molecule has 0 amide bonds. The van der Waals surface area contributed by atoms with Crippen molar-refractivity contribution in [2.75, 3.05) is 6.61 Å². The second-order valence-corrected chi connectivity index (χ2v) is 8.10. The maximum atomic E-state index is 13.9. The highest BCUT2D eigenvalue weighted by Crippen LogP contribution is 2.18. The highest BCUT2D eigenvalue weighted by atomic mass is 79.9. The van der Waals surface area contributed by atoms with Crippen molar-refractivity contribution in [3.63, 3.8) is 0 Å². The van der Waals surface area contributed by atoms with Crippen molar-refractivity contribution < 1.29 is 13.5 Å². The Kier molecular flexibility index (Phi) is 7.45. The molecule has 0 radical (unpaired) electrons. The highest BCUT2D eigenvalue weighted by molar-refractivity contribution is 9.10. The van der Waals surface area contributed by atoms with E-state index in [1.165, 1.54) is 11.6 Å². The predicted octanol–water partition coefficient (Wildman–Crippen LogP) is 5.59. The van der Waals surface area contributed by atoms with E-state index in [1.54, 1.807) is 41.4 Å². The van der Waals surface area contributed by atoms with Crippen LogP contribution in [-0.4, -0.2) is 26.6 Å². The average Bonchev–Trinajstić information content (AvgIpc) is 3.48. The van der Waals surface area contributed by atoms with Gasteiger partial charge in [-0.15, -0.1) is 5.10 Å². The van der Waals surface area contributed by atoms with Crippen LogP contribution in [0.5, 0.6) is 5.75 Å². The molecule has 4 rings (SSSR count). The lowest BCUT2D eigenvalue weighted by atomic mass is 10.1. The number of nitrogens with zero attached hydrogens (tertiary/aromatic N) is 4. The molecule has 2 aromatic carbocycles. The van der Waals surface area contributed by atoms with Crippen molar-refractivity contribution in [3.05, 3.63) is 94.1 Å². The summed E-state index contributed by atoms with van der Waals surface area (Å²) in [5.74, 6) is 1.00. The van der Waals surface area contributed by atoms with E-state index in [9.17, 15) is 4.39 Å². The molecule has 2 heterocycles. The molecule has 0 bridgehead atoms.